The first-order valence-corrected chi connectivity index (χ1v) is 11.4. The molecule has 2 aromatic carbocycles. The molecule has 36 heavy (non-hydrogen) atoms. The summed E-state index contributed by atoms with van der Waals surface area (Å²) in [6.45, 7) is 6.13. The molecule has 1 fully saturated rings. The molecular weight excluding hydrogens is 460 g/mol. The summed E-state index contributed by atoms with van der Waals surface area (Å²) in [7, 11) is 0. The van der Waals surface area contributed by atoms with Gasteiger partial charge in [0.15, 0.2) is 11.5 Å². The number of phenolic OH excluding ortho intramolecular Hbond substituents is 1. The molecule has 1 amide bonds. The van der Waals surface area contributed by atoms with E-state index < -0.39 is 17.7 Å². The third-order valence-electron chi connectivity index (χ3n) is 5.71. The Morgan fingerprint density at radius 3 is 2.58 bits per heavy atom. The summed E-state index contributed by atoms with van der Waals surface area (Å²) < 4.78 is 11.0. The summed E-state index contributed by atoms with van der Waals surface area (Å²) in [5.41, 5.74) is 1.52. The van der Waals surface area contributed by atoms with Gasteiger partial charge >= 0.3 is 0 Å². The SMILES string of the molecule is C=CCOc1ccc(C(O)=C2C(=O)C(=O)N(Cc3cccnc3)C2c2ccc(O)c(OCC)c2)cc1. The maximum atomic E-state index is 13.2. The van der Waals surface area contributed by atoms with Crippen LogP contribution in [0.15, 0.2) is 85.2 Å². The molecule has 1 unspecified atom stereocenters. The van der Waals surface area contributed by atoms with Crippen molar-refractivity contribution in [2.75, 3.05) is 13.2 Å². The quantitative estimate of drug-likeness (QED) is 0.200. The number of nitrogens with zero attached hydrogens (tertiary/aromatic N) is 2. The second-order valence-corrected chi connectivity index (χ2v) is 8.07. The second kappa shape index (κ2) is 10.8. The van der Waals surface area contributed by atoms with Gasteiger partial charge in [0.2, 0.25) is 0 Å². The molecule has 3 aromatic rings. The van der Waals surface area contributed by atoms with Gasteiger partial charge in [-0.15, -0.1) is 0 Å². The average Bonchev–Trinajstić information content (AvgIpc) is 3.14. The Morgan fingerprint density at radius 2 is 1.92 bits per heavy atom. The Kier molecular flexibility index (Phi) is 7.34. The van der Waals surface area contributed by atoms with Crippen LogP contribution in [0.25, 0.3) is 5.76 Å². The van der Waals surface area contributed by atoms with Gasteiger partial charge in [-0.25, -0.2) is 0 Å². The van der Waals surface area contributed by atoms with Gasteiger partial charge in [-0.05, 0) is 60.5 Å². The van der Waals surface area contributed by atoms with Crippen molar-refractivity contribution in [2.45, 2.75) is 19.5 Å². The number of aromatic hydroxyl groups is 1. The lowest BCUT2D eigenvalue weighted by atomic mass is 9.95. The topological polar surface area (TPSA) is 109 Å². The number of phenols is 1. The largest absolute Gasteiger partial charge is 0.507 e. The Hall–Kier alpha value is -4.59. The van der Waals surface area contributed by atoms with Crippen LogP contribution in [0.1, 0.15) is 29.7 Å². The third kappa shape index (κ3) is 4.93. The van der Waals surface area contributed by atoms with E-state index in [4.69, 9.17) is 9.47 Å². The van der Waals surface area contributed by atoms with Gasteiger partial charge < -0.3 is 24.6 Å². The summed E-state index contributed by atoms with van der Waals surface area (Å²) >= 11 is 0. The Bertz CT molecular complexity index is 1300. The Morgan fingerprint density at radius 1 is 1.14 bits per heavy atom. The number of hydrogen-bond donors (Lipinski definition) is 2. The lowest BCUT2D eigenvalue weighted by Crippen LogP contribution is -2.29. The van der Waals surface area contributed by atoms with Crippen LogP contribution >= 0.6 is 0 Å². The first-order chi connectivity index (χ1) is 17.4. The van der Waals surface area contributed by atoms with Crippen molar-refractivity contribution in [1.29, 1.82) is 0 Å². The lowest BCUT2D eigenvalue weighted by Gasteiger charge is -2.26. The van der Waals surface area contributed by atoms with Crippen molar-refractivity contribution in [3.63, 3.8) is 0 Å². The molecular formula is C28H26N2O6. The van der Waals surface area contributed by atoms with Crippen LogP contribution in [0.2, 0.25) is 0 Å². The molecule has 4 rings (SSSR count). The number of amides is 1. The van der Waals surface area contributed by atoms with Gasteiger partial charge in [0.1, 0.15) is 18.1 Å². The van der Waals surface area contributed by atoms with E-state index in [2.05, 4.69) is 11.6 Å². The highest BCUT2D eigenvalue weighted by Crippen LogP contribution is 2.42. The first kappa shape index (κ1) is 24.5. The maximum absolute atomic E-state index is 13.2. The van der Waals surface area contributed by atoms with E-state index in [1.54, 1.807) is 73.9 Å². The molecule has 1 atom stereocenters. The number of benzene rings is 2. The van der Waals surface area contributed by atoms with Gasteiger partial charge in [-0.2, -0.15) is 0 Å². The van der Waals surface area contributed by atoms with Crippen LogP contribution in [0.4, 0.5) is 0 Å². The second-order valence-electron chi connectivity index (χ2n) is 8.07. The predicted molar refractivity (Wildman–Crippen MR) is 133 cm³/mol. The zero-order chi connectivity index (χ0) is 25.7. The van der Waals surface area contributed by atoms with Crippen LogP contribution in [0.5, 0.6) is 17.2 Å². The molecule has 1 saturated heterocycles. The molecule has 1 aromatic heterocycles. The van der Waals surface area contributed by atoms with E-state index in [1.807, 2.05) is 0 Å². The number of ketones is 1. The molecule has 8 nitrogen and oxygen atoms in total. The van der Waals surface area contributed by atoms with Gasteiger partial charge in [-0.1, -0.05) is 24.8 Å². The third-order valence-corrected chi connectivity index (χ3v) is 5.71. The van der Waals surface area contributed by atoms with Crippen molar-refractivity contribution >= 4 is 17.4 Å². The summed E-state index contributed by atoms with van der Waals surface area (Å²) in [6, 6.07) is 13.8. The number of pyridine rings is 1. The van der Waals surface area contributed by atoms with Gasteiger partial charge in [0.05, 0.1) is 18.2 Å². The van der Waals surface area contributed by atoms with E-state index in [-0.39, 0.29) is 29.4 Å². The van der Waals surface area contributed by atoms with Crippen LogP contribution in [0, 0.1) is 0 Å². The molecule has 2 heterocycles. The van der Waals surface area contributed by atoms with E-state index >= 15 is 0 Å². The highest BCUT2D eigenvalue weighted by Gasteiger charge is 2.46. The normalized spacial score (nSPS) is 16.7. The summed E-state index contributed by atoms with van der Waals surface area (Å²) in [5.74, 6) is -1.15. The van der Waals surface area contributed by atoms with Crippen LogP contribution < -0.4 is 9.47 Å². The van der Waals surface area contributed by atoms with Crippen molar-refractivity contribution in [3.05, 3.63) is 102 Å². The van der Waals surface area contributed by atoms with E-state index in [1.165, 1.54) is 11.0 Å². The van der Waals surface area contributed by atoms with Gasteiger partial charge in [0, 0.05) is 24.5 Å². The minimum atomic E-state index is -0.915. The minimum Gasteiger partial charge on any atom is -0.507 e. The average molecular weight is 487 g/mol. The number of carbonyl (C=O) groups excluding carboxylic acids is 2. The van der Waals surface area contributed by atoms with Gasteiger partial charge in [0.25, 0.3) is 11.7 Å². The number of hydrogen-bond acceptors (Lipinski definition) is 7. The number of aliphatic hydroxyl groups excluding tert-OH is 1. The molecule has 0 radical (unpaired) electrons. The summed E-state index contributed by atoms with van der Waals surface area (Å²) in [6.07, 6.45) is 4.85. The van der Waals surface area contributed by atoms with Crippen molar-refractivity contribution in [2.24, 2.45) is 0 Å². The fourth-order valence-electron chi connectivity index (χ4n) is 4.07. The van der Waals surface area contributed by atoms with Crippen LogP contribution in [-0.4, -0.2) is 45.0 Å². The predicted octanol–water partition coefficient (Wildman–Crippen LogP) is 4.37. The molecule has 2 N–H and O–H groups in total. The fourth-order valence-corrected chi connectivity index (χ4v) is 4.07. The molecule has 1 aliphatic rings. The molecule has 0 bridgehead atoms. The number of aliphatic hydroxyl groups is 1. The lowest BCUT2D eigenvalue weighted by molar-refractivity contribution is -0.140. The summed E-state index contributed by atoms with van der Waals surface area (Å²) in [5, 5.41) is 21.4. The number of ether oxygens (including phenoxy) is 2. The number of aromatic nitrogens is 1. The number of likely N-dealkylation sites (tertiary alicyclic amines) is 1. The van der Waals surface area contributed by atoms with Crippen LogP contribution in [-0.2, 0) is 16.1 Å². The van der Waals surface area contributed by atoms with E-state index in [9.17, 15) is 19.8 Å². The molecule has 184 valence electrons. The first-order valence-electron chi connectivity index (χ1n) is 11.4. The zero-order valence-electron chi connectivity index (χ0n) is 19.8. The Labute approximate surface area is 208 Å². The molecule has 0 spiro atoms. The van der Waals surface area contributed by atoms with Crippen molar-refractivity contribution in [1.82, 2.24) is 9.88 Å². The molecule has 0 aliphatic carbocycles. The van der Waals surface area contributed by atoms with Crippen molar-refractivity contribution in [3.8, 4) is 17.2 Å². The smallest absolute Gasteiger partial charge is 0.295 e. The monoisotopic (exact) mass is 486 g/mol. The highest BCUT2D eigenvalue weighted by atomic mass is 16.5. The fraction of sp³-hybridized carbons (Fsp3) is 0.179. The molecule has 8 heteroatoms. The van der Waals surface area contributed by atoms with Gasteiger partial charge in [-0.3, -0.25) is 14.6 Å². The maximum Gasteiger partial charge on any atom is 0.295 e. The van der Waals surface area contributed by atoms with Crippen LogP contribution in [0.3, 0.4) is 0 Å². The summed E-state index contributed by atoms with van der Waals surface area (Å²) in [4.78, 5) is 31.9. The molecule has 1 aliphatic heterocycles. The highest BCUT2D eigenvalue weighted by molar-refractivity contribution is 6.46. The Balaban J connectivity index is 1.82. The molecule has 0 saturated carbocycles. The number of Topliss-reactive ketones (excluding diaryl/α,β-unsaturated/α-hetero) is 1. The minimum absolute atomic E-state index is 0.0585. The number of rotatable bonds is 9. The zero-order valence-corrected chi connectivity index (χ0v) is 19.8. The number of carbonyl (C=O) groups is 2. The van der Waals surface area contributed by atoms with E-state index in [0.29, 0.717) is 30.1 Å². The van der Waals surface area contributed by atoms with E-state index in [0.717, 1.165) is 5.56 Å². The standard InChI is InChI=1S/C28H26N2O6/c1-3-14-36-21-10-7-19(8-11-21)26(32)24-25(20-9-12-22(31)23(15-20)35-4-2)30(28(34)27(24)33)17-18-6-5-13-29-16-18/h3,5-13,15-16,25,31-32H,1,4,14,17H2,2H3. The van der Waals surface area contributed by atoms with Crippen molar-refractivity contribution < 1.29 is 29.3 Å².